The van der Waals surface area contributed by atoms with E-state index in [0.29, 0.717) is 25.1 Å². The lowest BCUT2D eigenvalue weighted by Gasteiger charge is -2.35. The zero-order chi connectivity index (χ0) is 19.0. The van der Waals surface area contributed by atoms with Crippen molar-refractivity contribution in [3.05, 3.63) is 34.9 Å². The van der Waals surface area contributed by atoms with Crippen LogP contribution in [-0.4, -0.2) is 71.0 Å². The van der Waals surface area contributed by atoms with Crippen LogP contribution in [0.15, 0.2) is 18.2 Å². The van der Waals surface area contributed by atoms with Crippen molar-refractivity contribution >= 4 is 17.7 Å². The number of benzene rings is 1. The molecule has 1 aromatic carbocycles. The van der Waals surface area contributed by atoms with Gasteiger partial charge in [-0.05, 0) is 17.5 Å². The monoisotopic (exact) mass is 372 g/mol. The van der Waals surface area contributed by atoms with Gasteiger partial charge in [-0.3, -0.25) is 24.6 Å². The Morgan fingerprint density at radius 1 is 1.22 bits per heavy atom. The van der Waals surface area contributed by atoms with Gasteiger partial charge >= 0.3 is 0 Å². The largest absolute Gasteiger partial charge is 0.395 e. The average molecular weight is 372 g/mol. The molecule has 2 saturated heterocycles. The Labute approximate surface area is 157 Å². The second-order valence-electron chi connectivity index (χ2n) is 7.36. The molecule has 3 heterocycles. The zero-order valence-corrected chi connectivity index (χ0v) is 15.1. The standard InChI is InChI=1S/C19H24N4O4/c24-11-14-8-20-6-7-22(14)9-12-2-1-3-13-10-23(19(27)17(12)13)15-4-5-16(25)21-18(15)26/h1-3,14-15,20,24H,4-11H2,(H,21,25,26). The maximum Gasteiger partial charge on any atom is 0.255 e. The molecule has 3 aliphatic rings. The summed E-state index contributed by atoms with van der Waals surface area (Å²) in [5.41, 5.74) is 2.50. The average Bonchev–Trinajstić information content (AvgIpc) is 3.00. The van der Waals surface area contributed by atoms with Crippen molar-refractivity contribution in [3.8, 4) is 0 Å². The van der Waals surface area contributed by atoms with Crippen molar-refractivity contribution in [2.45, 2.75) is 38.0 Å². The number of hydrogen-bond donors (Lipinski definition) is 3. The van der Waals surface area contributed by atoms with Gasteiger partial charge in [0.05, 0.1) is 6.61 Å². The summed E-state index contributed by atoms with van der Waals surface area (Å²) in [6.07, 6.45) is 0.618. The Balaban J connectivity index is 1.56. The highest BCUT2D eigenvalue weighted by Gasteiger charge is 2.40. The number of carbonyl (C=O) groups is 3. The van der Waals surface area contributed by atoms with E-state index in [1.54, 1.807) is 4.90 Å². The number of imide groups is 1. The lowest BCUT2D eigenvalue weighted by Crippen LogP contribution is -2.53. The number of nitrogens with one attached hydrogen (secondary N) is 2. The number of nitrogens with zero attached hydrogens (tertiary/aromatic N) is 2. The molecular weight excluding hydrogens is 348 g/mol. The quantitative estimate of drug-likeness (QED) is 0.599. The van der Waals surface area contributed by atoms with Crippen LogP contribution in [-0.2, 0) is 22.7 Å². The van der Waals surface area contributed by atoms with Crippen LogP contribution in [0.2, 0.25) is 0 Å². The number of aliphatic hydroxyl groups is 1. The van der Waals surface area contributed by atoms with Crippen LogP contribution in [0.5, 0.6) is 0 Å². The highest BCUT2D eigenvalue weighted by atomic mass is 16.3. The molecule has 0 bridgehead atoms. The predicted molar refractivity (Wildman–Crippen MR) is 96.6 cm³/mol. The second-order valence-corrected chi connectivity index (χ2v) is 7.36. The molecule has 0 saturated carbocycles. The summed E-state index contributed by atoms with van der Waals surface area (Å²) in [6.45, 7) is 3.42. The Morgan fingerprint density at radius 3 is 2.85 bits per heavy atom. The minimum absolute atomic E-state index is 0.0253. The van der Waals surface area contributed by atoms with E-state index in [4.69, 9.17) is 0 Å². The molecule has 0 radical (unpaired) electrons. The minimum atomic E-state index is -0.597. The van der Waals surface area contributed by atoms with Crippen LogP contribution in [0.3, 0.4) is 0 Å². The van der Waals surface area contributed by atoms with Gasteiger partial charge in [0.25, 0.3) is 5.91 Å². The number of amides is 3. The number of carbonyl (C=O) groups excluding carboxylic acids is 3. The summed E-state index contributed by atoms with van der Waals surface area (Å²) in [5.74, 6) is -0.822. The first kappa shape index (κ1) is 18.1. The van der Waals surface area contributed by atoms with Crippen molar-refractivity contribution in [2.75, 3.05) is 26.2 Å². The van der Waals surface area contributed by atoms with Gasteiger partial charge in [-0.25, -0.2) is 0 Å². The maximum atomic E-state index is 13.1. The summed E-state index contributed by atoms with van der Waals surface area (Å²) in [5, 5.41) is 15.2. The Hall–Kier alpha value is -2.29. The highest BCUT2D eigenvalue weighted by molar-refractivity contribution is 6.05. The summed E-state index contributed by atoms with van der Waals surface area (Å²) in [4.78, 5) is 40.5. The van der Waals surface area contributed by atoms with Crippen molar-refractivity contribution in [1.82, 2.24) is 20.4 Å². The number of piperidine rings is 1. The highest BCUT2D eigenvalue weighted by Crippen LogP contribution is 2.30. The third-order valence-corrected chi connectivity index (χ3v) is 5.70. The molecule has 144 valence electrons. The fourth-order valence-corrected chi connectivity index (χ4v) is 4.23. The van der Waals surface area contributed by atoms with Crippen LogP contribution in [0, 0.1) is 0 Å². The summed E-state index contributed by atoms with van der Waals surface area (Å²) >= 11 is 0. The van der Waals surface area contributed by atoms with E-state index in [2.05, 4.69) is 15.5 Å². The van der Waals surface area contributed by atoms with E-state index >= 15 is 0 Å². The van der Waals surface area contributed by atoms with Gasteiger partial charge in [-0.15, -0.1) is 0 Å². The molecule has 4 rings (SSSR count). The summed E-state index contributed by atoms with van der Waals surface area (Å²) < 4.78 is 0. The van der Waals surface area contributed by atoms with Gasteiger partial charge in [-0.2, -0.15) is 0 Å². The molecule has 3 amide bonds. The van der Waals surface area contributed by atoms with Gasteiger partial charge in [0.1, 0.15) is 6.04 Å². The molecule has 0 aliphatic carbocycles. The normalized spacial score (nSPS) is 26.3. The third-order valence-electron chi connectivity index (χ3n) is 5.70. The minimum Gasteiger partial charge on any atom is -0.395 e. The first-order chi connectivity index (χ1) is 13.1. The lowest BCUT2D eigenvalue weighted by molar-refractivity contribution is -0.136. The van der Waals surface area contributed by atoms with Crippen molar-refractivity contribution in [1.29, 1.82) is 0 Å². The lowest BCUT2D eigenvalue weighted by atomic mass is 10.0. The molecule has 3 aliphatic heterocycles. The fraction of sp³-hybridized carbons (Fsp3) is 0.526. The molecule has 2 unspecified atom stereocenters. The van der Waals surface area contributed by atoms with Crippen LogP contribution in [0.1, 0.15) is 34.3 Å². The van der Waals surface area contributed by atoms with E-state index < -0.39 is 11.9 Å². The van der Waals surface area contributed by atoms with Crippen molar-refractivity contribution in [2.24, 2.45) is 0 Å². The number of hydrogen-bond acceptors (Lipinski definition) is 6. The van der Waals surface area contributed by atoms with Gasteiger partial charge in [0.2, 0.25) is 11.8 Å². The van der Waals surface area contributed by atoms with Crippen LogP contribution in [0.4, 0.5) is 0 Å². The van der Waals surface area contributed by atoms with Crippen molar-refractivity contribution in [3.63, 3.8) is 0 Å². The molecule has 0 spiro atoms. The molecular formula is C19H24N4O4. The number of aliphatic hydroxyl groups excluding tert-OH is 1. The van der Waals surface area contributed by atoms with Gasteiger partial charge in [-0.1, -0.05) is 18.2 Å². The van der Waals surface area contributed by atoms with Gasteiger partial charge < -0.3 is 15.3 Å². The van der Waals surface area contributed by atoms with Gasteiger partial charge in [0.15, 0.2) is 0 Å². The van der Waals surface area contributed by atoms with Crippen LogP contribution in [0.25, 0.3) is 0 Å². The predicted octanol–water partition coefficient (Wildman–Crippen LogP) is -0.786. The Morgan fingerprint density at radius 2 is 2.07 bits per heavy atom. The topological polar surface area (TPSA) is 102 Å². The summed E-state index contributed by atoms with van der Waals surface area (Å²) in [7, 11) is 0. The second kappa shape index (κ2) is 7.38. The molecule has 3 N–H and O–H groups in total. The smallest absolute Gasteiger partial charge is 0.255 e. The number of piperazine rings is 1. The first-order valence-corrected chi connectivity index (χ1v) is 9.39. The molecule has 8 nitrogen and oxygen atoms in total. The molecule has 27 heavy (non-hydrogen) atoms. The van der Waals surface area contributed by atoms with E-state index in [0.717, 1.165) is 30.8 Å². The zero-order valence-electron chi connectivity index (χ0n) is 15.1. The number of rotatable bonds is 4. The van der Waals surface area contributed by atoms with E-state index in [9.17, 15) is 19.5 Å². The molecule has 2 atom stereocenters. The summed E-state index contributed by atoms with van der Waals surface area (Å²) in [6, 6.07) is 5.23. The molecule has 1 aromatic rings. The van der Waals surface area contributed by atoms with Crippen LogP contribution >= 0.6 is 0 Å². The fourth-order valence-electron chi connectivity index (χ4n) is 4.23. The molecule has 2 fully saturated rings. The van der Waals surface area contributed by atoms with E-state index in [-0.39, 0.29) is 30.9 Å². The third kappa shape index (κ3) is 3.36. The van der Waals surface area contributed by atoms with E-state index in [1.165, 1.54) is 0 Å². The maximum absolute atomic E-state index is 13.1. The Bertz CT molecular complexity index is 781. The Kier molecular flexibility index (Phi) is 4.94. The SMILES string of the molecule is O=C1CCC(N2Cc3cccc(CN4CCNCC4CO)c3C2=O)C(=O)N1. The van der Waals surface area contributed by atoms with Crippen molar-refractivity contribution < 1.29 is 19.5 Å². The first-order valence-electron chi connectivity index (χ1n) is 9.39. The number of fused-ring (bicyclic) bond motifs is 1. The van der Waals surface area contributed by atoms with Gasteiger partial charge in [0, 0.05) is 50.7 Å². The molecule has 0 aromatic heterocycles. The molecule has 8 heteroatoms. The van der Waals surface area contributed by atoms with E-state index in [1.807, 2.05) is 18.2 Å². The van der Waals surface area contributed by atoms with Crippen LogP contribution < -0.4 is 10.6 Å².